The van der Waals surface area contributed by atoms with Crippen molar-refractivity contribution >= 4 is 11.8 Å². The number of hydrogen-bond donors (Lipinski definition) is 2. The minimum atomic E-state index is 0.222. The smallest absolute Gasteiger partial charge is 0.225 e. The molecular formula is C15H21N5O. The van der Waals surface area contributed by atoms with Crippen LogP contribution in [-0.2, 0) is 6.42 Å². The van der Waals surface area contributed by atoms with Crippen LogP contribution in [0.5, 0.6) is 5.88 Å². The first kappa shape index (κ1) is 15.0. The van der Waals surface area contributed by atoms with E-state index >= 15 is 0 Å². The topological polar surface area (TPSA) is 86.0 Å². The largest absolute Gasteiger partial charge is 0.477 e. The van der Waals surface area contributed by atoms with Gasteiger partial charge in [-0.3, -0.25) is 4.98 Å². The lowest BCUT2D eigenvalue weighted by atomic mass is 10.1. The van der Waals surface area contributed by atoms with Crippen molar-refractivity contribution in [1.82, 2.24) is 15.0 Å². The number of aromatic nitrogens is 3. The highest BCUT2D eigenvalue weighted by Crippen LogP contribution is 2.15. The van der Waals surface area contributed by atoms with E-state index < -0.39 is 0 Å². The number of nitrogens with zero attached hydrogens (tertiary/aromatic N) is 3. The van der Waals surface area contributed by atoms with Gasteiger partial charge >= 0.3 is 0 Å². The lowest BCUT2D eigenvalue weighted by molar-refractivity contribution is 0.299. The number of ether oxygens (including phenoxy) is 1. The quantitative estimate of drug-likeness (QED) is 0.724. The van der Waals surface area contributed by atoms with Crippen LogP contribution in [0, 0.1) is 0 Å². The van der Waals surface area contributed by atoms with Gasteiger partial charge in [-0.15, -0.1) is 0 Å². The lowest BCUT2D eigenvalue weighted by Gasteiger charge is -2.09. The molecule has 0 aliphatic carbocycles. The molecule has 2 aromatic rings. The zero-order chi connectivity index (χ0) is 14.9. The highest BCUT2D eigenvalue weighted by molar-refractivity contribution is 5.42. The van der Waals surface area contributed by atoms with Gasteiger partial charge in [0.2, 0.25) is 11.8 Å². The Kier molecular flexibility index (Phi) is 5.75. The summed E-state index contributed by atoms with van der Waals surface area (Å²) in [5.74, 6) is 1.43. The van der Waals surface area contributed by atoms with E-state index in [1.807, 2.05) is 12.1 Å². The second-order valence-corrected chi connectivity index (χ2v) is 4.68. The molecule has 0 saturated heterocycles. The zero-order valence-electron chi connectivity index (χ0n) is 12.2. The summed E-state index contributed by atoms with van der Waals surface area (Å²) in [4.78, 5) is 12.2. The van der Waals surface area contributed by atoms with Gasteiger partial charge in [0.15, 0.2) is 0 Å². The SMILES string of the molecule is CCCNc1cc(OCCCc2ccncc2)nc(N)n1. The van der Waals surface area contributed by atoms with Crippen molar-refractivity contribution in [2.45, 2.75) is 26.2 Å². The summed E-state index contributed by atoms with van der Waals surface area (Å²) in [5, 5.41) is 3.17. The maximum absolute atomic E-state index is 5.68. The summed E-state index contributed by atoms with van der Waals surface area (Å²) >= 11 is 0. The molecule has 0 fully saturated rings. The Balaban J connectivity index is 1.81. The highest BCUT2D eigenvalue weighted by Gasteiger charge is 2.03. The number of aryl methyl sites for hydroxylation is 1. The van der Waals surface area contributed by atoms with Crippen LogP contribution in [0.2, 0.25) is 0 Å². The van der Waals surface area contributed by atoms with Gasteiger partial charge in [0.1, 0.15) is 5.82 Å². The van der Waals surface area contributed by atoms with E-state index in [-0.39, 0.29) is 5.95 Å². The average Bonchev–Trinajstić information content (AvgIpc) is 2.50. The Labute approximate surface area is 124 Å². The van der Waals surface area contributed by atoms with E-state index in [0.29, 0.717) is 18.3 Å². The van der Waals surface area contributed by atoms with Crippen LogP contribution in [0.4, 0.5) is 11.8 Å². The molecule has 0 unspecified atom stereocenters. The van der Waals surface area contributed by atoms with Gasteiger partial charge in [0, 0.05) is 25.0 Å². The zero-order valence-corrected chi connectivity index (χ0v) is 12.2. The summed E-state index contributed by atoms with van der Waals surface area (Å²) < 4.78 is 5.64. The lowest BCUT2D eigenvalue weighted by Crippen LogP contribution is -2.07. The molecular weight excluding hydrogens is 266 g/mol. The summed E-state index contributed by atoms with van der Waals surface area (Å²) in [6.07, 6.45) is 6.47. The van der Waals surface area contributed by atoms with Crippen LogP contribution in [0.1, 0.15) is 25.3 Å². The second-order valence-electron chi connectivity index (χ2n) is 4.68. The molecule has 3 N–H and O–H groups in total. The van der Waals surface area contributed by atoms with Crippen LogP contribution in [0.15, 0.2) is 30.6 Å². The Morgan fingerprint density at radius 1 is 1.24 bits per heavy atom. The minimum absolute atomic E-state index is 0.222. The molecule has 0 spiro atoms. The van der Waals surface area contributed by atoms with Gasteiger partial charge < -0.3 is 15.8 Å². The third-order valence-corrected chi connectivity index (χ3v) is 2.89. The maximum Gasteiger partial charge on any atom is 0.225 e. The van der Waals surface area contributed by atoms with Crippen molar-refractivity contribution in [1.29, 1.82) is 0 Å². The van der Waals surface area contributed by atoms with E-state index in [1.54, 1.807) is 18.5 Å². The predicted molar refractivity (Wildman–Crippen MR) is 83.3 cm³/mol. The molecule has 2 aromatic heterocycles. The van der Waals surface area contributed by atoms with Crippen LogP contribution >= 0.6 is 0 Å². The molecule has 2 heterocycles. The van der Waals surface area contributed by atoms with Gasteiger partial charge in [-0.25, -0.2) is 0 Å². The molecule has 0 radical (unpaired) electrons. The van der Waals surface area contributed by atoms with E-state index in [2.05, 4.69) is 27.2 Å². The molecule has 21 heavy (non-hydrogen) atoms. The fourth-order valence-electron chi connectivity index (χ4n) is 1.86. The first-order chi connectivity index (χ1) is 10.3. The highest BCUT2D eigenvalue weighted by atomic mass is 16.5. The molecule has 0 amide bonds. The van der Waals surface area contributed by atoms with Gasteiger partial charge in [-0.1, -0.05) is 6.92 Å². The minimum Gasteiger partial charge on any atom is -0.477 e. The third-order valence-electron chi connectivity index (χ3n) is 2.89. The molecule has 0 aliphatic heterocycles. The van der Waals surface area contributed by atoms with Crippen molar-refractivity contribution in [3.8, 4) is 5.88 Å². The van der Waals surface area contributed by atoms with E-state index in [1.165, 1.54) is 5.56 Å². The normalized spacial score (nSPS) is 10.3. The molecule has 0 bridgehead atoms. The van der Waals surface area contributed by atoms with Crippen molar-refractivity contribution < 1.29 is 4.74 Å². The molecule has 0 saturated carbocycles. The van der Waals surface area contributed by atoms with Crippen LogP contribution in [-0.4, -0.2) is 28.1 Å². The molecule has 112 valence electrons. The third kappa shape index (κ3) is 5.25. The van der Waals surface area contributed by atoms with Crippen molar-refractivity contribution in [3.05, 3.63) is 36.2 Å². The number of nitrogen functional groups attached to an aromatic ring is 1. The van der Waals surface area contributed by atoms with Crippen molar-refractivity contribution in [3.63, 3.8) is 0 Å². The maximum atomic E-state index is 5.68. The van der Waals surface area contributed by atoms with Crippen LogP contribution in [0.25, 0.3) is 0 Å². The summed E-state index contributed by atoms with van der Waals surface area (Å²) in [6.45, 7) is 3.53. The monoisotopic (exact) mass is 287 g/mol. The first-order valence-corrected chi connectivity index (χ1v) is 7.18. The number of nitrogens with two attached hydrogens (primary N) is 1. The van der Waals surface area contributed by atoms with Crippen LogP contribution < -0.4 is 15.8 Å². The number of pyridine rings is 1. The number of hydrogen-bond acceptors (Lipinski definition) is 6. The fourth-order valence-corrected chi connectivity index (χ4v) is 1.86. The second kappa shape index (κ2) is 8.04. The predicted octanol–water partition coefficient (Wildman–Crippen LogP) is 2.29. The van der Waals surface area contributed by atoms with Gasteiger partial charge in [0.25, 0.3) is 0 Å². The Morgan fingerprint density at radius 2 is 2.05 bits per heavy atom. The summed E-state index contributed by atoms with van der Waals surface area (Å²) in [7, 11) is 0. The molecule has 0 aliphatic rings. The number of rotatable bonds is 8. The summed E-state index contributed by atoms with van der Waals surface area (Å²) in [5.41, 5.74) is 6.93. The average molecular weight is 287 g/mol. The van der Waals surface area contributed by atoms with Gasteiger partial charge in [-0.05, 0) is 37.0 Å². The fraction of sp³-hybridized carbons (Fsp3) is 0.400. The number of anilines is 2. The van der Waals surface area contributed by atoms with E-state index in [9.17, 15) is 0 Å². The van der Waals surface area contributed by atoms with Crippen molar-refractivity contribution in [2.24, 2.45) is 0 Å². The Morgan fingerprint density at radius 3 is 2.81 bits per heavy atom. The standard InChI is InChI=1S/C15H21N5O/c1-2-7-18-13-11-14(20-15(16)19-13)21-10-3-4-12-5-8-17-9-6-12/h5-6,8-9,11H,2-4,7,10H2,1H3,(H3,16,18,19,20). The molecule has 0 atom stereocenters. The molecule has 6 nitrogen and oxygen atoms in total. The summed E-state index contributed by atoms with van der Waals surface area (Å²) in [6, 6.07) is 5.79. The molecule has 2 rings (SSSR count). The van der Waals surface area contributed by atoms with Gasteiger partial charge in [0.05, 0.1) is 6.61 Å². The Bertz CT molecular complexity index is 547. The van der Waals surface area contributed by atoms with Gasteiger partial charge in [-0.2, -0.15) is 9.97 Å². The molecule has 6 heteroatoms. The Hall–Kier alpha value is -2.37. The molecule has 0 aromatic carbocycles. The van der Waals surface area contributed by atoms with Crippen LogP contribution in [0.3, 0.4) is 0 Å². The van der Waals surface area contributed by atoms with E-state index in [0.717, 1.165) is 25.8 Å². The van der Waals surface area contributed by atoms with E-state index in [4.69, 9.17) is 10.5 Å². The first-order valence-electron chi connectivity index (χ1n) is 7.18. The number of nitrogens with one attached hydrogen (secondary N) is 1. The van der Waals surface area contributed by atoms with Crippen molar-refractivity contribution in [2.75, 3.05) is 24.2 Å².